The van der Waals surface area contributed by atoms with Crippen LogP contribution in [0.3, 0.4) is 0 Å². The first-order chi connectivity index (χ1) is 5.29. The molecule has 3 nitrogen and oxygen atoms in total. The minimum absolute atomic E-state index is 0.818. The molecule has 0 saturated carbocycles. The fourth-order valence-corrected chi connectivity index (χ4v) is 1.31. The van der Waals surface area contributed by atoms with Gasteiger partial charge in [-0.15, -0.1) is 0 Å². The Balaban J connectivity index is 2.05. The van der Waals surface area contributed by atoms with Crippen LogP contribution in [0.15, 0.2) is 0 Å². The first-order valence-electron chi connectivity index (χ1n) is 4.33. The minimum atomic E-state index is 0.818. The van der Waals surface area contributed by atoms with E-state index in [2.05, 4.69) is 29.8 Å². The van der Waals surface area contributed by atoms with Gasteiger partial charge in [-0.2, -0.15) is 5.43 Å². The lowest BCUT2D eigenvalue weighted by Crippen LogP contribution is -2.38. The van der Waals surface area contributed by atoms with E-state index < -0.39 is 0 Å². The quantitative estimate of drug-likeness (QED) is 0.626. The third-order valence-corrected chi connectivity index (χ3v) is 2.11. The largest absolute Gasteiger partial charge is 0.309 e. The molecule has 0 aromatic rings. The Kier molecular flexibility index (Phi) is 3.83. The highest BCUT2D eigenvalue weighted by molar-refractivity contribution is 4.67. The van der Waals surface area contributed by atoms with Gasteiger partial charge in [-0.25, -0.2) is 5.43 Å². The highest BCUT2D eigenvalue weighted by atomic mass is 15.4. The Morgan fingerprint density at radius 2 is 2.36 bits per heavy atom. The predicted molar refractivity (Wildman–Crippen MR) is 46.3 cm³/mol. The van der Waals surface area contributed by atoms with Gasteiger partial charge in [-0.05, 0) is 39.4 Å². The maximum atomic E-state index is 4.17. The zero-order chi connectivity index (χ0) is 8.10. The summed E-state index contributed by atoms with van der Waals surface area (Å²) in [5, 5.41) is 0. The highest BCUT2D eigenvalue weighted by Crippen LogP contribution is 2.09. The van der Waals surface area contributed by atoms with E-state index in [1.54, 1.807) is 0 Å². The summed E-state index contributed by atoms with van der Waals surface area (Å²) in [7, 11) is 4.25. The molecule has 1 fully saturated rings. The molecule has 1 heterocycles. The number of hydrogen-bond acceptors (Lipinski definition) is 2. The summed E-state index contributed by atoms with van der Waals surface area (Å²) in [6.07, 6.45) is 2.58. The maximum Gasteiger partial charge on any atom is 0.0333 e. The van der Waals surface area contributed by atoms with Gasteiger partial charge >= 0.3 is 0 Å². The van der Waals surface area contributed by atoms with E-state index in [9.17, 15) is 0 Å². The van der Waals surface area contributed by atoms with Gasteiger partial charge in [0, 0.05) is 13.1 Å². The zero-order valence-corrected chi connectivity index (χ0v) is 7.51. The molecule has 3 heteroatoms. The summed E-state index contributed by atoms with van der Waals surface area (Å²) in [6, 6.07) is 0. The minimum Gasteiger partial charge on any atom is -0.309 e. The topological polar surface area (TPSA) is 29.4 Å². The van der Waals surface area contributed by atoms with Crippen LogP contribution in [0.25, 0.3) is 0 Å². The molecule has 0 amide bonds. The Morgan fingerprint density at radius 3 is 2.91 bits per heavy atom. The second-order valence-electron chi connectivity index (χ2n) is 3.50. The molecule has 1 N–H and O–H groups in total. The van der Waals surface area contributed by atoms with Gasteiger partial charge in [0.15, 0.2) is 0 Å². The van der Waals surface area contributed by atoms with E-state index >= 15 is 0 Å². The summed E-state index contributed by atoms with van der Waals surface area (Å²) in [4.78, 5) is 2.24. The van der Waals surface area contributed by atoms with Crippen molar-refractivity contribution in [3.05, 3.63) is 0 Å². The summed E-state index contributed by atoms with van der Waals surface area (Å²) in [5.41, 5.74) is 7.18. The normalized spacial score (nSPS) is 25.9. The molecule has 1 aliphatic heterocycles. The van der Waals surface area contributed by atoms with Gasteiger partial charge in [0.05, 0.1) is 0 Å². The number of rotatable bonds is 3. The van der Waals surface area contributed by atoms with E-state index in [0.717, 1.165) is 19.0 Å². The molecule has 1 rings (SSSR count). The molecule has 1 radical (unpaired) electrons. The Bertz CT molecular complexity index is 97.5. The average molecular weight is 156 g/mol. The van der Waals surface area contributed by atoms with Crippen LogP contribution in [-0.4, -0.2) is 38.6 Å². The van der Waals surface area contributed by atoms with Gasteiger partial charge in [0.1, 0.15) is 0 Å². The van der Waals surface area contributed by atoms with Crippen LogP contribution >= 0.6 is 0 Å². The van der Waals surface area contributed by atoms with E-state index in [4.69, 9.17) is 0 Å². The second-order valence-corrected chi connectivity index (χ2v) is 3.50. The summed E-state index contributed by atoms with van der Waals surface area (Å²) in [5.74, 6) is 0.818. The van der Waals surface area contributed by atoms with E-state index in [-0.39, 0.29) is 0 Å². The lowest BCUT2D eigenvalue weighted by atomic mass is 10.0. The third-order valence-electron chi connectivity index (χ3n) is 2.11. The molecule has 0 aliphatic carbocycles. The smallest absolute Gasteiger partial charge is 0.0333 e. The van der Waals surface area contributed by atoms with Crippen molar-refractivity contribution in [2.75, 3.05) is 33.7 Å². The second kappa shape index (κ2) is 4.70. The Labute approximate surface area is 69.1 Å². The fourth-order valence-electron chi connectivity index (χ4n) is 1.31. The van der Waals surface area contributed by atoms with Crippen LogP contribution in [0.2, 0.25) is 0 Å². The van der Waals surface area contributed by atoms with Crippen molar-refractivity contribution in [3.8, 4) is 0 Å². The van der Waals surface area contributed by atoms with Crippen molar-refractivity contribution >= 4 is 0 Å². The Morgan fingerprint density at radius 1 is 1.55 bits per heavy atom. The van der Waals surface area contributed by atoms with Gasteiger partial charge in [0.2, 0.25) is 0 Å². The lowest BCUT2D eigenvalue weighted by Gasteiger charge is -2.23. The van der Waals surface area contributed by atoms with E-state index in [0.29, 0.717) is 0 Å². The van der Waals surface area contributed by atoms with Crippen molar-refractivity contribution in [1.29, 1.82) is 0 Å². The van der Waals surface area contributed by atoms with Gasteiger partial charge in [0.25, 0.3) is 0 Å². The van der Waals surface area contributed by atoms with Crippen molar-refractivity contribution in [2.24, 2.45) is 5.92 Å². The lowest BCUT2D eigenvalue weighted by molar-refractivity contribution is 0.279. The molecule has 1 aliphatic rings. The predicted octanol–water partition coefficient (Wildman–Crippen LogP) is 0.0670. The SMILES string of the molecule is CN(C)CCC1CCN[N]C1. The number of hydrogen-bond donors (Lipinski definition) is 1. The van der Waals surface area contributed by atoms with Crippen LogP contribution < -0.4 is 10.9 Å². The fraction of sp³-hybridized carbons (Fsp3) is 1.00. The van der Waals surface area contributed by atoms with Crippen molar-refractivity contribution < 1.29 is 0 Å². The molecule has 11 heavy (non-hydrogen) atoms. The summed E-state index contributed by atoms with van der Waals surface area (Å²) < 4.78 is 0. The Hall–Kier alpha value is -0.120. The molecule has 65 valence electrons. The molecule has 0 bridgehead atoms. The number of nitrogens with one attached hydrogen (secondary N) is 1. The molecule has 0 spiro atoms. The molecule has 1 saturated heterocycles. The molecule has 0 aromatic carbocycles. The average Bonchev–Trinajstić information content (AvgIpc) is 2.03. The van der Waals surface area contributed by atoms with Gasteiger partial charge in [-0.3, -0.25) is 0 Å². The van der Waals surface area contributed by atoms with Gasteiger partial charge < -0.3 is 4.90 Å². The van der Waals surface area contributed by atoms with E-state index in [1.165, 1.54) is 19.4 Å². The molecule has 0 aromatic heterocycles. The van der Waals surface area contributed by atoms with Crippen LogP contribution in [0.5, 0.6) is 0 Å². The van der Waals surface area contributed by atoms with Crippen LogP contribution in [0.1, 0.15) is 12.8 Å². The van der Waals surface area contributed by atoms with Crippen molar-refractivity contribution in [3.63, 3.8) is 0 Å². The molecular formula is C8H18N3. The monoisotopic (exact) mass is 156 g/mol. The maximum absolute atomic E-state index is 4.17. The molecule has 1 unspecified atom stereocenters. The number of nitrogens with zero attached hydrogens (tertiary/aromatic N) is 2. The van der Waals surface area contributed by atoms with E-state index in [1.807, 2.05) is 0 Å². The molecule has 1 atom stereocenters. The van der Waals surface area contributed by atoms with Crippen LogP contribution in [0, 0.1) is 5.92 Å². The first-order valence-corrected chi connectivity index (χ1v) is 4.33. The summed E-state index contributed by atoms with van der Waals surface area (Å²) in [6.45, 7) is 3.27. The zero-order valence-electron chi connectivity index (χ0n) is 7.51. The van der Waals surface area contributed by atoms with Crippen molar-refractivity contribution in [1.82, 2.24) is 15.8 Å². The highest BCUT2D eigenvalue weighted by Gasteiger charge is 2.12. The van der Waals surface area contributed by atoms with Crippen LogP contribution in [0.4, 0.5) is 0 Å². The molecular weight excluding hydrogens is 138 g/mol. The van der Waals surface area contributed by atoms with Gasteiger partial charge in [-0.1, -0.05) is 0 Å². The summed E-state index contributed by atoms with van der Waals surface area (Å²) >= 11 is 0. The van der Waals surface area contributed by atoms with Crippen LogP contribution in [-0.2, 0) is 0 Å². The first kappa shape index (κ1) is 8.97. The standard InChI is InChI=1S/C8H18N3/c1-11(2)6-4-8-3-5-9-10-7-8/h8-9H,3-7H2,1-2H3. The van der Waals surface area contributed by atoms with Crippen molar-refractivity contribution in [2.45, 2.75) is 12.8 Å². The third kappa shape index (κ3) is 3.70.